The molecule has 0 aliphatic carbocycles. The van der Waals surface area contributed by atoms with Crippen LogP contribution in [0.5, 0.6) is 5.75 Å². The summed E-state index contributed by atoms with van der Waals surface area (Å²) in [4.78, 5) is 3.49. The third kappa shape index (κ3) is 5.79. The van der Waals surface area contributed by atoms with Crippen LogP contribution in [0.25, 0.3) is 22.2 Å². The summed E-state index contributed by atoms with van der Waals surface area (Å²) in [5.41, 5.74) is 5.87. The molecule has 4 rings (SSSR count). The van der Waals surface area contributed by atoms with Crippen LogP contribution >= 0.6 is 0 Å². The molecule has 6 nitrogen and oxygen atoms in total. The third-order valence-corrected chi connectivity index (χ3v) is 6.97. The number of benzene rings is 3. The van der Waals surface area contributed by atoms with Gasteiger partial charge in [-0.15, -0.1) is 0 Å². The van der Waals surface area contributed by atoms with E-state index in [4.69, 9.17) is 4.74 Å². The zero-order valence-electron chi connectivity index (χ0n) is 19.6. The molecule has 34 heavy (non-hydrogen) atoms. The number of ether oxygens (including phenoxy) is 1. The van der Waals surface area contributed by atoms with Crippen LogP contribution in [0.15, 0.2) is 72.8 Å². The van der Waals surface area contributed by atoms with E-state index in [2.05, 4.69) is 27.4 Å². The fraction of sp³-hybridized carbons (Fsp3) is 0.259. The lowest BCUT2D eigenvalue weighted by atomic mass is 10.0. The predicted octanol–water partition coefficient (Wildman–Crippen LogP) is 5.68. The Bertz CT molecular complexity index is 1330. The van der Waals surface area contributed by atoms with E-state index in [-0.39, 0.29) is 6.54 Å². The van der Waals surface area contributed by atoms with Crippen molar-refractivity contribution in [3.8, 4) is 17.0 Å². The second-order valence-corrected chi connectivity index (χ2v) is 9.80. The summed E-state index contributed by atoms with van der Waals surface area (Å²) in [7, 11) is -2.04. The number of hydrogen-bond donors (Lipinski definition) is 3. The fourth-order valence-electron chi connectivity index (χ4n) is 4.09. The Morgan fingerprint density at radius 1 is 0.912 bits per heavy atom. The van der Waals surface area contributed by atoms with Crippen LogP contribution in [0.1, 0.15) is 30.9 Å². The van der Waals surface area contributed by atoms with E-state index >= 15 is 0 Å². The molecule has 0 unspecified atom stereocenters. The Balaban J connectivity index is 1.46. The maximum Gasteiger partial charge on any atom is 0.299 e. The van der Waals surface area contributed by atoms with E-state index in [1.807, 2.05) is 66.7 Å². The summed E-state index contributed by atoms with van der Waals surface area (Å²) in [6.45, 7) is 2.43. The zero-order valence-corrected chi connectivity index (χ0v) is 20.4. The molecule has 1 heterocycles. The summed E-state index contributed by atoms with van der Waals surface area (Å²) >= 11 is 0. The number of aromatic amines is 1. The number of H-pyrrole nitrogens is 1. The molecule has 3 aromatic carbocycles. The lowest BCUT2D eigenvalue weighted by Gasteiger charge is -2.11. The van der Waals surface area contributed by atoms with E-state index in [0.717, 1.165) is 52.7 Å². The summed E-state index contributed by atoms with van der Waals surface area (Å²) in [5.74, 6) is 0.790. The van der Waals surface area contributed by atoms with Crippen molar-refractivity contribution in [2.24, 2.45) is 0 Å². The van der Waals surface area contributed by atoms with Gasteiger partial charge >= 0.3 is 0 Å². The van der Waals surface area contributed by atoms with Crippen molar-refractivity contribution in [3.63, 3.8) is 0 Å². The largest absolute Gasteiger partial charge is 0.497 e. The van der Waals surface area contributed by atoms with Crippen molar-refractivity contribution in [2.75, 3.05) is 18.4 Å². The quantitative estimate of drug-likeness (QED) is 0.260. The molecule has 0 atom stereocenters. The molecule has 3 N–H and O–H groups in total. The number of rotatable bonds is 11. The molecule has 178 valence electrons. The topological polar surface area (TPSA) is 83.2 Å². The van der Waals surface area contributed by atoms with E-state index < -0.39 is 10.2 Å². The van der Waals surface area contributed by atoms with Crippen LogP contribution in [-0.2, 0) is 23.1 Å². The van der Waals surface area contributed by atoms with E-state index in [1.165, 1.54) is 5.56 Å². The molecule has 0 amide bonds. The van der Waals surface area contributed by atoms with Crippen molar-refractivity contribution < 1.29 is 13.2 Å². The highest BCUT2D eigenvalue weighted by Crippen LogP contribution is 2.31. The number of unbranched alkanes of at least 4 members (excludes halogenated alkanes) is 1. The van der Waals surface area contributed by atoms with Crippen LogP contribution in [0.2, 0.25) is 0 Å². The molecule has 0 aliphatic rings. The Hall–Kier alpha value is -3.29. The van der Waals surface area contributed by atoms with Crippen LogP contribution in [0.4, 0.5) is 5.69 Å². The third-order valence-electron chi connectivity index (χ3n) is 5.88. The van der Waals surface area contributed by atoms with Gasteiger partial charge in [0.15, 0.2) is 0 Å². The minimum atomic E-state index is -3.68. The van der Waals surface area contributed by atoms with Gasteiger partial charge in [-0.25, -0.2) is 0 Å². The molecular formula is C27H31N3O3S. The van der Waals surface area contributed by atoms with Gasteiger partial charge in [0.05, 0.1) is 7.11 Å². The molecule has 4 aromatic rings. The van der Waals surface area contributed by atoms with Gasteiger partial charge in [-0.3, -0.25) is 4.72 Å². The number of nitrogens with one attached hydrogen (secondary N) is 3. The van der Waals surface area contributed by atoms with E-state index in [1.54, 1.807) is 7.11 Å². The standard InChI is InChI=1S/C27H31N3O3S/c1-3-4-7-20-10-14-22(15-11-20)30-34(31,32)28-19-18-25-24-8-5-6-9-26(24)29-27(25)21-12-16-23(33-2)17-13-21/h5-6,8-17,28-30H,3-4,7,18-19H2,1-2H3. The summed E-state index contributed by atoms with van der Waals surface area (Å²) in [6.07, 6.45) is 3.80. The molecular weight excluding hydrogens is 446 g/mol. The summed E-state index contributed by atoms with van der Waals surface area (Å²) < 4.78 is 35.8. The highest BCUT2D eigenvalue weighted by Gasteiger charge is 2.15. The molecule has 0 aliphatic heterocycles. The van der Waals surface area contributed by atoms with Crippen molar-refractivity contribution in [2.45, 2.75) is 32.6 Å². The van der Waals surface area contributed by atoms with Crippen LogP contribution in [-0.4, -0.2) is 27.1 Å². The minimum Gasteiger partial charge on any atom is -0.497 e. The smallest absolute Gasteiger partial charge is 0.299 e. The maximum absolute atomic E-state index is 12.6. The molecule has 1 aromatic heterocycles. The lowest BCUT2D eigenvalue weighted by Crippen LogP contribution is -2.31. The number of methoxy groups -OCH3 is 1. The molecule has 0 radical (unpaired) electrons. The van der Waals surface area contributed by atoms with Gasteiger partial charge in [-0.1, -0.05) is 43.7 Å². The Morgan fingerprint density at radius 2 is 1.65 bits per heavy atom. The highest BCUT2D eigenvalue weighted by molar-refractivity contribution is 7.90. The average molecular weight is 478 g/mol. The molecule has 0 spiro atoms. The fourth-order valence-corrected chi connectivity index (χ4v) is 4.98. The van der Waals surface area contributed by atoms with Gasteiger partial charge in [0.1, 0.15) is 5.75 Å². The number of fused-ring (bicyclic) bond motifs is 1. The van der Waals surface area contributed by atoms with Gasteiger partial charge in [0.25, 0.3) is 10.2 Å². The molecule has 7 heteroatoms. The first-order chi connectivity index (χ1) is 16.5. The van der Waals surface area contributed by atoms with Crippen molar-refractivity contribution in [1.29, 1.82) is 0 Å². The van der Waals surface area contributed by atoms with Crippen molar-refractivity contribution >= 4 is 26.8 Å². The zero-order chi connectivity index (χ0) is 24.0. The first kappa shape index (κ1) is 23.9. The highest BCUT2D eigenvalue weighted by atomic mass is 32.2. The van der Waals surface area contributed by atoms with Crippen molar-refractivity contribution in [1.82, 2.24) is 9.71 Å². The number of aryl methyl sites for hydroxylation is 1. The van der Waals surface area contributed by atoms with Gasteiger partial charge < -0.3 is 9.72 Å². The van der Waals surface area contributed by atoms with Crippen molar-refractivity contribution in [3.05, 3.63) is 83.9 Å². The summed E-state index contributed by atoms with van der Waals surface area (Å²) in [6, 6.07) is 23.5. The molecule has 0 saturated carbocycles. The van der Waals surface area contributed by atoms with Gasteiger partial charge in [-0.2, -0.15) is 13.1 Å². The number of anilines is 1. The maximum atomic E-state index is 12.6. The first-order valence-corrected chi connectivity index (χ1v) is 13.1. The normalized spacial score (nSPS) is 11.6. The lowest BCUT2D eigenvalue weighted by molar-refractivity contribution is 0.415. The Kier molecular flexibility index (Phi) is 7.55. The van der Waals surface area contributed by atoms with Crippen LogP contribution in [0.3, 0.4) is 0 Å². The SMILES string of the molecule is CCCCc1ccc(NS(=O)(=O)NCCc2c(-c3ccc(OC)cc3)[nH]c3ccccc23)cc1. The molecule has 0 saturated heterocycles. The van der Waals surface area contributed by atoms with E-state index in [9.17, 15) is 8.42 Å². The molecule has 0 fully saturated rings. The predicted molar refractivity (Wildman–Crippen MR) is 140 cm³/mol. The van der Waals surface area contributed by atoms with Gasteiger partial charge in [0, 0.05) is 28.8 Å². The second kappa shape index (κ2) is 10.8. The number of hydrogen-bond acceptors (Lipinski definition) is 3. The summed E-state index contributed by atoms with van der Waals surface area (Å²) in [5, 5.41) is 1.09. The Labute approximate surface area is 201 Å². The van der Waals surface area contributed by atoms with E-state index in [0.29, 0.717) is 12.1 Å². The van der Waals surface area contributed by atoms with Crippen LogP contribution < -0.4 is 14.2 Å². The number of aromatic nitrogens is 1. The Morgan fingerprint density at radius 3 is 2.35 bits per heavy atom. The molecule has 0 bridgehead atoms. The second-order valence-electron chi connectivity index (χ2n) is 8.30. The van der Waals surface area contributed by atoms with Crippen LogP contribution in [0, 0.1) is 0 Å². The number of para-hydroxylation sites is 1. The van der Waals surface area contributed by atoms with Gasteiger partial charge in [-0.05, 0) is 78.4 Å². The first-order valence-electron chi connectivity index (χ1n) is 11.6. The van der Waals surface area contributed by atoms with Gasteiger partial charge in [0.2, 0.25) is 0 Å². The monoisotopic (exact) mass is 477 g/mol. The average Bonchev–Trinajstić information content (AvgIpc) is 3.22. The minimum absolute atomic E-state index is 0.273.